The molecule has 5 nitrogen and oxygen atoms in total. The van der Waals surface area contributed by atoms with Crippen LogP contribution in [0.4, 0.5) is 0 Å². The molecule has 0 bridgehead atoms. The Bertz CT molecular complexity index is 700. The van der Waals surface area contributed by atoms with Gasteiger partial charge in [0.2, 0.25) is 11.4 Å². The number of halogens is 1. The smallest absolute Gasteiger partial charge is 0.339 e. The van der Waals surface area contributed by atoms with Crippen molar-refractivity contribution in [1.29, 1.82) is 0 Å². The molecule has 0 aromatic rings. The van der Waals surface area contributed by atoms with Crippen molar-refractivity contribution in [1.82, 2.24) is 5.32 Å². The zero-order chi connectivity index (χ0) is 17.8. The van der Waals surface area contributed by atoms with Crippen LogP contribution in [0.5, 0.6) is 0 Å². The number of rotatable bonds is 4. The van der Waals surface area contributed by atoms with Crippen LogP contribution in [0.3, 0.4) is 0 Å². The number of alkyl halides is 1. The maximum absolute atomic E-state index is 12.5. The number of aliphatic hydroxyl groups excluding tert-OH is 1. The lowest BCUT2D eigenvalue weighted by Gasteiger charge is -2.54. The number of amides is 1. The van der Waals surface area contributed by atoms with Gasteiger partial charge in [-0.3, -0.25) is 4.79 Å². The van der Waals surface area contributed by atoms with Gasteiger partial charge in [-0.2, -0.15) is 0 Å². The van der Waals surface area contributed by atoms with E-state index in [4.69, 9.17) is 16.3 Å². The summed E-state index contributed by atoms with van der Waals surface area (Å²) < 4.78 is 5.45. The third-order valence-corrected chi connectivity index (χ3v) is 6.77. The van der Waals surface area contributed by atoms with E-state index in [0.717, 1.165) is 37.7 Å². The number of carbonyl (C=O) groups is 2. The molecule has 136 valence electrons. The van der Waals surface area contributed by atoms with Crippen molar-refractivity contribution in [3.63, 3.8) is 0 Å². The summed E-state index contributed by atoms with van der Waals surface area (Å²) in [6.07, 6.45) is 7.55. The average Bonchev–Trinajstić information content (AvgIpc) is 2.79. The predicted molar refractivity (Wildman–Crippen MR) is 93.0 cm³/mol. The van der Waals surface area contributed by atoms with Gasteiger partial charge in [0.15, 0.2) is 5.60 Å². The van der Waals surface area contributed by atoms with Crippen LogP contribution in [-0.4, -0.2) is 40.1 Å². The highest BCUT2D eigenvalue weighted by atomic mass is 35.5. The minimum atomic E-state index is -1.39. The van der Waals surface area contributed by atoms with Crippen LogP contribution in [0, 0.1) is 5.92 Å². The first-order valence-electron chi connectivity index (χ1n) is 9.16. The summed E-state index contributed by atoms with van der Waals surface area (Å²) >= 11 is 5.85. The first kappa shape index (κ1) is 17.1. The van der Waals surface area contributed by atoms with Gasteiger partial charge in [-0.25, -0.2) is 4.79 Å². The SMILES string of the molecule is CC12OC(=O)C1([C@@H](O)C1=CCCC3=C1CCCC3)NC(=O)[C@@H]2CCCl. The highest BCUT2D eigenvalue weighted by Crippen LogP contribution is 2.54. The Kier molecular flexibility index (Phi) is 4.00. The largest absolute Gasteiger partial charge is 0.453 e. The van der Waals surface area contributed by atoms with Crippen molar-refractivity contribution < 1.29 is 19.4 Å². The van der Waals surface area contributed by atoms with Crippen LogP contribution in [0.1, 0.15) is 51.9 Å². The number of aliphatic hydroxyl groups is 1. The molecule has 4 rings (SSSR count). The summed E-state index contributed by atoms with van der Waals surface area (Å²) in [6, 6.07) is 0. The Morgan fingerprint density at radius 3 is 2.84 bits per heavy atom. The van der Waals surface area contributed by atoms with Crippen molar-refractivity contribution in [2.45, 2.75) is 69.1 Å². The molecule has 2 aliphatic carbocycles. The van der Waals surface area contributed by atoms with Gasteiger partial charge in [0, 0.05) is 5.88 Å². The van der Waals surface area contributed by atoms with E-state index in [0.29, 0.717) is 12.3 Å². The van der Waals surface area contributed by atoms with Gasteiger partial charge in [0.1, 0.15) is 6.10 Å². The molecule has 4 aliphatic rings. The molecular weight excluding hydrogens is 342 g/mol. The fourth-order valence-electron chi connectivity index (χ4n) is 5.16. The van der Waals surface area contributed by atoms with E-state index in [2.05, 4.69) is 5.32 Å². The summed E-state index contributed by atoms with van der Waals surface area (Å²) in [7, 11) is 0. The molecule has 0 radical (unpaired) electrons. The zero-order valence-corrected chi connectivity index (χ0v) is 15.2. The van der Waals surface area contributed by atoms with Crippen molar-refractivity contribution >= 4 is 23.5 Å². The molecule has 2 N–H and O–H groups in total. The summed E-state index contributed by atoms with van der Waals surface area (Å²) in [5, 5.41) is 14.1. The number of carbonyl (C=O) groups excluding carboxylic acids is 2. The fraction of sp³-hybridized carbons (Fsp3) is 0.684. The second-order valence-corrected chi connectivity index (χ2v) is 8.09. The van der Waals surface area contributed by atoms with E-state index in [1.54, 1.807) is 6.92 Å². The van der Waals surface area contributed by atoms with Gasteiger partial charge >= 0.3 is 5.97 Å². The Morgan fingerprint density at radius 2 is 2.12 bits per heavy atom. The van der Waals surface area contributed by atoms with Crippen molar-refractivity contribution in [2.75, 3.05) is 5.88 Å². The highest BCUT2D eigenvalue weighted by molar-refractivity contribution is 6.18. The third-order valence-electron chi connectivity index (χ3n) is 6.55. The fourth-order valence-corrected chi connectivity index (χ4v) is 5.38. The second-order valence-electron chi connectivity index (χ2n) is 7.71. The quantitative estimate of drug-likeness (QED) is 0.592. The standard InChI is InChI=1S/C19H24ClNO4/c1-18-14(9-10-20)16(23)21-19(18,17(24)25-18)15(22)13-8-4-6-11-5-2-3-7-12(11)13/h8,14-15,22H,2-7,9-10H2,1H3,(H,21,23)/t14-,15-,18?,19?/m0/s1. The molecule has 4 atom stereocenters. The summed E-state index contributed by atoms with van der Waals surface area (Å²) in [5.41, 5.74) is 0.963. The Labute approximate surface area is 152 Å². The van der Waals surface area contributed by atoms with Crippen LogP contribution in [0.2, 0.25) is 0 Å². The number of hydrogen-bond donors (Lipinski definition) is 2. The molecule has 6 heteroatoms. The number of nitrogens with one attached hydrogen (secondary N) is 1. The van der Waals surface area contributed by atoms with E-state index in [1.165, 1.54) is 17.6 Å². The Morgan fingerprint density at radius 1 is 1.36 bits per heavy atom. The molecule has 1 amide bonds. The lowest BCUT2D eigenvalue weighted by atomic mass is 9.64. The molecule has 2 heterocycles. The average molecular weight is 366 g/mol. The molecule has 0 aromatic carbocycles. The lowest BCUT2D eigenvalue weighted by molar-refractivity contribution is -0.231. The van der Waals surface area contributed by atoms with Crippen LogP contribution in [0.15, 0.2) is 22.8 Å². The Balaban J connectivity index is 1.73. The number of hydrogen-bond acceptors (Lipinski definition) is 4. The molecule has 0 saturated carbocycles. The maximum atomic E-state index is 12.5. The monoisotopic (exact) mass is 365 g/mol. The van der Waals surface area contributed by atoms with Gasteiger partial charge < -0.3 is 15.2 Å². The second kappa shape index (κ2) is 5.85. The van der Waals surface area contributed by atoms with Crippen LogP contribution >= 0.6 is 11.6 Å². The Hall–Kier alpha value is -1.33. The van der Waals surface area contributed by atoms with Gasteiger partial charge in [-0.1, -0.05) is 11.6 Å². The van der Waals surface area contributed by atoms with Gasteiger partial charge in [-0.05, 0) is 63.0 Å². The summed E-state index contributed by atoms with van der Waals surface area (Å²) in [6.45, 7) is 1.74. The van der Waals surface area contributed by atoms with E-state index in [-0.39, 0.29) is 5.91 Å². The first-order valence-corrected chi connectivity index (χ1v) is 9.70. The molecule has 0 aromatic heterocycles. The minimum Gasteiger partial charge on any atom is -0.453 e. The van der Waals surface area contributed by atoms with Crippen LogP contribution < -0.4 is 5.32 Å². The van der Waals surface area contributed by atoms with Gasteiger partial charge in [0.25, 0.3) is 0 Å². The third kappa shape index (κ3) is 2.12. The number of allylic oxidation sites excluding steroid dienone is 2. The lowest BCUT2D eigenvalue weighted by Crippen LogP contribution is -2.79. The van der Waals surface area contributed by atoms with Crippen molar-refractivity contribution in [3.8, 4) is 0 Å². The molecule has 0 spiro atoms. The van der Waals surface area contributed by atoms with Crippen LogP contribution in [0.25, 0.3) is 0 Å². The number of esters is 1. The van der Waals surface area contributed by atoms with Gasteiger partial charge in [0.05, 0.1) is 5.92 Å². The van der Waals surface area contributed by atoms with Crippen molar-refractivity contribution in [3.05, 3.63) is 22.8 Å². The molecule has 25 heavy (non-hydrogen) atoms. The summed E-state index contributed by atoms with van der Waals surface area (Å²) in [5.74, 6) is -1.03. The normalized spacial score (nSPS) is 38.2. The van der Waals surface area contributed by atoms with Gasteiger partial charge in [-0.15, -0.1) is 11.6 Å². The minimum absolute atomic E-state index is 0.262. The first-order chi connectivity index (χ1) is 12.0. The van der Waals surface area contributed by atoms with E-state index in [9.17, 15) is 14.7 Å². The predicted octanol–water partition coefficient (Wildman–Crippen LogP) is 2.37. The van der Waals surface area contributed by atoms with Crippen LogP contribution in [-0.2, 0) is 14.3 Å². The molecule has 2 saturated heterocycles. The highest BCUT2D eigenvalue weighted by Gasteiger charge is 2.79. The molecular formula is C19H24ClNO4. The summed E-state index contributed by atoms with van der Waals surface area (Å²) in [4.78, 5) is 25.0. The molecule has 2 fully saturated rings. The number of fused-ring (bicyclic) bond motifs is 1. The van der Waals surface area contributed by atoms with Crippen molar-refractivity contribution in [2.24, 2.45) is 5.92 Å². The van der Waals surface area contributed by atoms with E-state index < -0.39 is 29.1 Å². The topological polar surface area (TPSA) is 75.6 Å². The zero-order valence-electron chi connectivity index (χ0n) is 14.4. The maximum Gasteiger partial charge on any atom is 0.339 e. The molecule has 2 unspecified atom stereocenters. The molecule has 2 aliphatic heterocycles. The van der Waals surface area contributed by atoms with E-state index in [1.807, 2.05) is 6.08 Å². The van der Waals surface area contributed by atoms with E-state index >= 15 is 0 Å². The number of ether oxygens (including phenoxy) is 1.